The Balaban J connectivity index is 1.77. The number of hydrogen-bond donors (Lipinski definition) is 1. The Morgan fingerprint density at radius 1 is 1.30 bits per heavy atom. The summed E-state index contributed by atoms with van der Waals surface area (Å²) in [5.41, 5.74) is 3.18. The molecule has 0 aliphatic carbocycles. The Morgan fingerprint density at radius 3 is 2.60 bits per heavy atom. The van der Waals surface area contributed by atoms with E-state index >= 15 is 0 Å². The van der Waals surface area contributed by atoms with Gasteiger partial charge in [-0.25, -0.2) is 9.59 Å². The smallest absolute Gasteiger partial charge is 0.349 e. The summed E-state index contributed by atoms with van der Waals surface area (Å²) in [6.07, 6.45) is 1.44. The molecule has 0 saturated carbocycles. The number of nitrogens with one attached hydrogen (secondary N) is 1. The van der Waals surface area contributed by atoms with Crippen molar-refractivity contribution in [3.8, 4) is 11.8 Å². The quantitative estimate of drug-likeness (QED) is 0.410. The Morgan fingerprint density at radius 2 is 2.00 bits per heavy atom. The maximum Gasteiger partial charge on any atom is 0.349 e. The van der Waals surface area contributed by atoms with E-state index in [4.69, 9.17) is 4.74 Å². The van der Waals surface area contributed by atoms with E-state index in [0.717, 1.165) is 26.4 Å². The van der Waals surface area contributed by atoms with Crippen LogP contribution in [0.5, 0.6) is 0 Å². The van der Waals surface area contributed by atoms with Crippen molar-refractivity contribution in [3.05, 3.63) is 57.3 Å². The summed E-state index contributed by atoms with van der Waals surface area (Å²) in [6, 6.07) is 10.9. The van der Waals surface area contributed by atoms with E-state index in [1.54, 1.807) is 0 Å². The topological polar surface area (TPSA) is 104 Å². The molecule has 3 rings (SSSR count). The van der Waals surface area contributed by atoms with E-state index in [-0.39, 0.29) is 12.1 Å². The highest BCUT2D eigenvalue weighted by molar-refractivity contribution is 9.10. The number of benzene rings is 1. The van der Waals surface area contributed by atoms with Gasteiger partial charge in [0, 0.05) is 34.6 Å². The van der Waals surface area contributed by atoms with Crippen LogP contribution in [0.2, 0.25) is 0 Å². The van der Waals surface area contributed by atoms with Crippen LogP contribution in [0.15, 0.2) is 40.4 Å². The molecule has 30 heavy (non-hydrogen) atoms. The maximum absolute atomic E-state index is 12.3. The van der Waals surface area contributed by atoms with Crippen molar-refractivity contribution < 1.29 is 19.1 Å². The van der Waals surface area contributed by atoms with Gasteiger partial charge in [-0.3, -0.25) is 9.69 Å². The lowest BCUT2D eigenvalue weighted by Gasteiger charge is -2.12. The number of nitriles is 1. The van der Waals surface area contributed by atoms with E-state index in [1.165, 1.54) is 6.08 Å². The van der Waals surface area contributed by atoms with Gasteiger partial charge in [0.25, 0.3) is 5.91 Å². The number of halogens is 1. The average molecular weight is 471 g/mol. The molecule has 0 unspecified atom stereocenters. The minimum absolute atomic E-state index is 0.220. The fraction of sp³-hybridized carbons (Fsp3) is 0.238. The van der Waals surface area contributed by atoms with Gasteiger partial charge in [0.1, 0.15) is 11.6 Å². The number of esters is 1. The lowest BCUT2D eigenvalue weighted by molar-refractivity contribution is -0.146. The molecule has 8 nitrogen and oxygen atoms in total. The molecule has 1 N–H and O–H groups in total. The van der Waals surface area contributed by atoms with Gasteiger partial charge >= 0.3 is 12.0 Å². The van der Waals surface area contributed by atoms with Crippen LogP contribution in [-0.4, -0.2) is 47.1 Å². The number of carbonyl (C=O) groups is 3. The van der Waals surface area contributed by atoms with E-state index in [2.05, 4.69) is 21.2 Å². The molecule has 1 fully saturated rings. The fourth-order valence-corrected chi connectivity index (χ4v) is 3.47. The molecule has 0 spiro atoms. The molecular weight excluding hydrogens is 452 g/mol. The van der Waals surface area contributed by atoms with Crippen LogP contribution >= 0.6 is 15.9 Å². The molecule has 154 valence electrons. The second-order valence-electron chi connectivity index (χ2n) is 6.66. The average Bonchev–Trinajstić information content (AvgIpc) is 3.27. The van der Waals surface area contributed by atoms with Crippen molar-refractivity contribution in [3.63, 3.8) is 0 Å². The second-order valence-corrected chi connectivity index (χ2v) is 7.58. The lowest BCUT2D eigenvalue weighted by Crippen LogP contribution is -2.37. The molecular formula is C21H19BrN4O4. The predicted octanol–water partition coefficient (Wildman–Crippen LogP) is 2.86. The molecule has 1 aromatic heterocycles. The number of amides is 3. The third kappa shape index (κ3) is 4.44. The van der Waals surface area contributed by atoms with Crippen LogP contribution < -0.4 is 5.32 Å². The number of nitrogens with zero attached hydrogens (tertiary/aromatic N) is 3. The van der Waals surface area contributed by atoms with Crippen LogP contribution in [0.4, 0.5) is 4.79 Å². The van der Waals surface area contributed by atoms with Gasteiger partial charge in [-0.15, -0.1) is 0 Å². The number of ether oxygens (including phenoxy) is 1. The molecule has 1 saturated heterocycles. The number of aryl methyl sites for hydroxylation is 1. The number of urea groups is 1. The molecule has 0 atom stereocenters. The Bertz CT molecular complexity index is 1080. The largest absolute Gasteiger partial charge is 0.451 e. The van der Waals surface area contributed by atoms with Gasteiger partial charge in [0.2, 0.25) is 0 Å². The number of carbonyl (C=O) groups excluding carboxylic acids is 3. The third-order valence-electron chi connectivity index (χ3n) is 4.68. The van der Waals surface area contributed by atoms with Crippen molar-refractivity contribution in [1.82, 2.24) is 14.8 Å². The van der Waals surface area contributed by atoms with Crippen molar-refractivity contribution in [2.45, 2.75) is 13.8 Å². The first kappa shape index (κ1) is 21.3. The molecule has 1 aliphatic heterocycles. The number of imide groups is 1. The molecule has 1 aliphatic rings. The second kappa shape index (κ2) is 8.97. The number of aromatic nitrogens is 1. The van der Waals surface area contributed by atoms with Gasteiger partial charge < -0.3 is 14.6 Å². The monoisotopic (exact) mass is 470 g/mol. The molecule has 1 aromatic carbocycles. The summed E-state index contributed by atoms with van der Waals surface area (Å²) in [4.78, 5) is 36.7. The summed E-state index contributed by atoms with van der Waals surface area (Å²) >= 11 is 3.41. The zero-order valence-electron chi connectivity index (χ0n) is 16.4. The van der Waals surface area contributed by atoms with Crippen LogP contribution in [0.25, 0.3) is 11.8 Å². The zero-order valence-corrected chi connectivity index (χ0v) is 18.0. The highest BCUT2D eigenvalue weighted by Gasteiger charge is 2.27. The van der Waals surface area contributed by atoms with Gasteiger partial charge in [0.05, 0.1) is 0 Å². The molecule has 2 aromatic rings. The highest BCUT2D eigenvalue weighted by atomic mass is 79.9. The summed E-state index contributed by atoms with van der Waals surface area (Å²) in [7, 11) is 0. The minimum atomic E-state index is -0.918. The maximum atomic E-state index is 12.3. The Hall–Kier alpha value is -3.38. The predicted molar refractivity (Wildman–Crippen MR) is 113 cm³/mol. The fourth-order valence-electron chi connectivity index (χ4n) is 3.21. The van der Waals surface area contributed by atoms with Crippen LogP contribution in [0, 0.1) is 25.2 Å². The van der Waals surface area contributed by atoms with Crippen molar-refractivity contribution >= 4 is 39.9 Å². The normalized spacial score (nSPS) is 13.7. The molecule has 2 heterocycles. The molecule has 3 amide bonds. The van der Waals surface area contributed by atoms with Crippen LogP contribution in [0.1, 0.15) is 17.0 Å². The van der Waals surface area contributed by atoms with Gasteiger partial charge in [-0.2, -0.15) is 5.26 Å². The van der Waals surface area contributed by atoms with Crippen molar-refractivity contribution in [2.24, 2.45) is 0 Å². The highest BCUT2D eigenvalue weighted by Crippen LogP contribution is 2.24. The van der Waals surface area contributed by atoms with Crippen LogP contribution in [-0.2, 0) is 14.3 Å². The van der Waals surface area contributed by atoms with Crippen molar-refractivity contribution in [2.75, 3.05) is 19.7 Å². The minimum Gasteiger partial charge on any atom is -0.451 e. The van der Waals surface area contributed by atoms with E-state index < -0.39 is 24.5 Å². The Labute approximate surface area is 181 Å². The lowest BCUT2D eigenvalue weighted by atomic mass is 10.1. The first-order chi connectivity index (χ1) is 14.3. The third-order valence-corrected chi connectivity index (χ3v) is 5.21. The Kier molecular flexibility index (Phi) is 6.37. The van der Waals surface area contributed by atoms with E-state index in [0.29, 0.717) is 12.1 Å². The van der Waals surface area contributed by atoms with Crippen molar-refractivity contribution in [1.29, 1.82) is 5.26 Å². The number of rotatable bonds is 5. The van der Waals surface area contributed by atoms with Gasteiger partial charge in [-0.05, 0) is 55.8 Å². The molecule has 9 heteroatoms. The molecule has 0 radical (unpaired) electrons. The summed E-state index contributed by atoms with van der Waals surface area (Å²) < 4.78 is 7.92. The standard InChI is InChI=1S/C21H19BrN4O4/c1-13-9-15(14(2)26(13)18-5-3-17(22)4-6-18)10-16(11-23)20(28)30-12-19(27)25-8-7-24-21(25)29/h3-6,9-10H,7-8,12H2,1-2H3,(H,24,29)/b16-10+. The van der Waals surface area contributed by atoms with Gasteiger partial charge in [0.15, 0.2) is 6.61 Å². The first-order valence-corrected chi connectivity index (χ1v) is 9.93. The zero-order chi connectivity index (χ0) is 21.8. The SMILES string of the molecule is Cc1cc(/C=C(\C#N)C(=O)OCC(=O)N2CCNC2=O)c(C)n1-c1ccc(Br)cc1. The van der Waals surface area contributed by atoms with Crippen LogP contribution in [0.3, 0.4) is 0 Å². The summed E-state index contributed by atoms with van der Waals surface area (Å²) in [5, 5.41) is 11.9. The summed E-state index contributed by atoms with van der Waals surface area (Å²) in [5.74, 6) is -1.55. The molecule has 0 bridgehead atoms. The van der Waals surface area contributed by atoms with Gasteiger partial charge in [-0.1, -0.05) is 15.9 Å². The van der Waals surface area contributed by atoms with E-state index in [9.17, 15) is 19.6 Å². The number of hydrogen-bond acceptors (Lipinski definition) is 5. The summed E-state index contributed by atoms with van der Waals surface area (Å²) in [6.45, 7) is 3.78. The van der Waals surface area contributed by atoms with E-state index in [1.807, 2.05) is 54.8 Å². The first-order valence-electron chi connectivity index (χ1n) is 9.14.